The van der Waals surface area contributed by atoms with E-state index in [9.17, 15) is 4.79 Å². The summed E-state index contributed by atoms with van der Waals surface area (Å²) in [6.45, 7) is 2.15. The van der Waals surface area contributed by atoms with Gasteiger partial charge in [0.15, 0.2) is 0 Å². The Labute approximate surface area is 105 Å². The van der Waals surface area contributed by atoms with Crippen LogP contribution in [0.25, 0.3) is 0 Å². The topological polar surface area (TPSA) is 78.3 Å². The van der Waals surface area contributed by atoms with Crippen molar-refractivity contribution in [2.75, 3.05) is 33.4 Å². The average molecular weight is 249 g/mol. The maximum absolute atomic E-state index is 12.0. The largest absolute Gasteiger partial charge is 0.376 e. The molecule has 1 fully saturated rings. The molecule has 18 heavy (non-hydrogen) atoms. The van der Waals surface area contributed by atoms with Crippen LogP contribution in [0.1, 0.15) is 16.1 Å². The van der Waals surface area contributed by atoms with E-state index in [4.69, 9.17) is 14.7 Å². The number of aromatic amines is 1. The van der Waals surface area contributed by atoms with Crippen molar-refractivity contribution in [3.8, 4) is 6.07 Å². The number of ether oxygens (including phenoxy) is 2. The van der Waals surface area contributed by atoms with Crippen LogP contribution in [0.3, 0.4) is 0 Å². The van der Waals surface area contributed by atoms with Crippen LogP contribution >= 0.6 is 0 Å². The highest BCUT2D eigenvalue weighted by Crippen LogP contribution is 2.08. The first-order valence-electron chi connectivity index (χ1n) is 5.74. The molecule has 0 radical (unpaired) electrons. The van der Waals surface area contributed by atoms with Gasteiger partial charge in [0.2, 0.25) is 0 Å². The number of likely N-dealkylation sites (N-methyl/N-ethyl adjacent to an activating group) is 1. The van der Waals surface area contributed by atoms with Crippen molar-refractivity contribution in [1.29, 1.82) is 5.26 Å². The highest BCUT2D eigenvalue weighted by Gasteiger charge is 2.20. The third-order valence-corrected chi connectivity index (χ3v) is 2.75. The van der Waals surface area contributed by atoms with E-state index in [2.05, 4.69) is 4.98 Å². The Kier molecular flexibility index (Phi) is 3.97. The molecule has 1 amide bonds. The molecule has 1 N–H and O–H groups in total. The van der Waals surface area contributed by atoms with Crippen molar-refractivity contribution in [2.24, 2.45) is 0 Å². The highest BCUT2D eigenvalue weighted by atomic mass is 16.6. The Morgan fingerprint density at radius 2 is 2.50 bits per heavy atom. The monoisotopic (exact) mass is 249 g/mol. The molecule has 0 saturated carbocycles. The molecule has 1 aromatic rings. The predicted molar refractivity (Wildman–Crippen MR) is 63.0 cm³/mol. The maximum atomic E-state index is 12.0. The van der Waals surface area contributed by atoms with Gasteiger partial charge in [-0.25, -0.2) is 0 Å². The molecule has 1 saturated heterocycles. The van der Waals surface area contributed by atoms with Crippen molar-refractivity contribution in [2.45, 2.75) is 6.10 Å². The minimum atomic E-state index is -0.161. The molecule has 2 heterocycles. The standard InChI is InChI=1S/C12H15N3O3/c1-15(7-10-8-17-2-3-18-10)12(16)11-4-9(5-13)6-14-11/h4,6,10,14H,2-3,7-8H2,1H3/t10-/m0/s1. The van der Waals surface area contributed by atoms with E-state index in [1.165, 1.54) is 12.3 Å². The van der Waals surface area contributed by atoms with Gasteiger partial charge in [-0.15, -0.1) is 0 Å². The molecule has 1 aliphatic heterocycles. The van der Waals surface area contributed by atoms with Crippen LogP contribution in [-0.2, 0) is 9.47 Å². The first-order chi connectivity index (χ1) is 8.70. The van der Waals surface area contributed by atoms with Crippen molar-refractivity contribution in [3.05, 3.63) is 23.5 Å². The van der Waals surface area contributed by atoms with Gasteiger partial charge in [0.1, 0.15) is 11.8 Å². The second-order valence-corrected chi connectivity index (χ2v) is 4.17. The molecule has 96 valence electrons. The van der Waals surface area contributed by atoms with E-state index in [1.54, 1.807) is 11.9 Å². The summed E-state index contributed by atoms with van der Waals surface area (Å²) in [5.41, 5.74) is 0.856. The van der Waals surface area contributed by atoms with Gasteiger partial charge in [0.25, 0.3) is 5.91 Å². The maximum Gasteiger partial charge on any atom is 0.270 e. The van der Waals surface area contributed by atoms with Crippen molar-refractivity contribution in [3.63, 3.8) is 0 Å². The van der Waals surface area contributed by atoms with Crippen LogP contribution in [0.15, 0.2) is 12.3 Å². The zero-order valence-corrected chi connectivity index (χ0v) is 10.2. The molecule has 0 unspecified atom stereocenters. The average Bonchev–Trinajstić information content (AvgIpc) is 2.87. The van der Waals surface area contributed by atoms with Crippen molar-refractivity contribution < 1.29 is 14.3 Å². The number of carbonyl (C=O) groups is 1. The van der Waals surface area contributed by atoms with Crippen LogP contribution in [0.4, 0.5) is 0 Å². The number of hydrogen-bond acceptors (Lipinski definition) is 4. The van der Waals surface area contributed by atoms with Crippen molar-refractivity contribution >= 4 is 5.91 Å². The minimum Gasteiger partial charge on any atom is -0.376 e. The summed E-state index contributed by atoms with van der Waals surface area (Å²) in [5.74, 6) is -0.161. The molecular weight excluding hydrogens is 234 g/mol. The number of H-pyrrole nitrogens is 1. The quantitative estimate of drug-likeness (QED) is 0.839. The molecule has 1 aliphatic rings. The SMILES string of the molecule is CN(C[C@H]1COCCO1)C(=O)c1cc(C#N)c[nH]1. The van der Waals surface area contributed by atoms with Gasteiger partial charge in [-0.1, -0.05) is 0 Å². The number of nitriles is 1. The lowest BCUT2D eigenvalue weighted by atomic mass is 10.3. The summed E-state index contributed by atoms with van der Waals surface area (Å²) in [5, 5.41) is 8.70. The summed E-state index contributed by atoms with van der Waals surface area (Å²) in [6, 6.07) is 3.51. The third-order valence-electron chi connectivity index (χ3n) is 2.75. The molecule has 0 aliphatic carbocycles. The molecule has 0 bridgehead atoms. The van der Waals surface area contributed by atoms with Crippen LogP contribution < -0.4 is 0 Å². The number of carbonyl (C=O) groups excluding carboxylic acids is 1. The Morgan fingerprint density at radius 3 is 3.11 bits per heavy atom. The van der Waals surface area contributed by atoms with Gasteiger partial charge in [-0.2, -0.15) is 5.26 Å². The van der Waals surface area contributed by atoms with Crippen LogP contribution in [0.5, 0.6) is 0 Å². The number of nitrogens with one attached hydrogen (secondary N) is 1. The third kappa shape index (κ3) is 2.88. The fraction of sp³-hybridized carbons (Fsp3) is 0.500. The number of aromatic nitrogens is 1. The van der Waals surface area contributed by atoms with Gasteiger partial charge in [-0.3, -0.25) is 4.79 Å². The number of amides is 1. The Morgan fingerprint density at radius 1 is 1.67 bits per heavy atom. The zero-order valence-electron chi connectivity index (χ0n) is 10.2. The number of hydrogen-bond donors (Lipinski definition) is 1. The van der Waals surface area contributed by atoms with E-state index in [1.807, 2.05) is 6.07 Å². The van der Waals surface area contributed by atoms with Crippen LogP contribution in [-0.4, -0.2) is 55.3 Å². The predicted octanol–water partition coefficient (Wildman–Crippen LogP) is 0.374. The zero-order chi connectivity index (χ0) is 13.0. The van der Waals surface area contributed by atoms with E-state index in [0.717, 1.165) is 0 Å². The van der Waals surface area contributed by atoms with Gasteiger partial charge in [0, 0.05) is 19.8 Å². The molecule has 6 nitrogen and oxygen atoms in total. The molecular formula is C12H15N3O3. The molecule has 1 atom stereocenters. The lowest BCUT2D eigenvalue weighted by Gasteiger charge is -2.27. The highest BCUT2D eigenvalue weighted by molar-refractivity contribution is 5.92. The summed E-state index contributed by atoms with van der Waals surface area (Å²) in [7, 11) is 1.70. The Hall–Kier alpha value is -1.84. The van der Waals surface area contributed by atoms with E-state index < -0.39 is 0 Å². The Bertz CT molecular complexity index is 457. The molecule has 0 aromatic carbocycles. The summed E-state index contributed by atoms with van der Waals surface area (Å²) in [6.07, 6.45) is 1.43. The minimum absolute atomic E-state index is 0.0851. The van der Waals surface area contributed by atoms with Gasteiger partial charge in [-0.05, 0) is 6.07 Å². The van der Waals surface area contributed by atoms with Crippen LogP contribution in [0, 0.1) is 11.3 Å². The fourth-order valence-electron chi connectivity index (χ4n) is 1.82. The van der Waals surface area contributed by atoms with E-state index in [-0.39, 0.29) is 12.0 Å². The molecule has 2 rings (SSSR count). The second-order valence-electron chi connectivity index (χ2n) is 4.17. The summed E-state index contributed by atoms with van der Waals surface area (Å²) >= 11 is 0. The normalized spacial score (nSPS) is 19.2. The van der Waals surface area contributed by atoms with Gasteiger partial charge in [0.05, 0.1) is 31.5 Å². The molecule has 6 heteroatoms. The van der Waals surface area contributed by atoms with Crippen LogP contribution in [0.2, 0.25) is 0 Å². The smallest absolute Gasteiger partial charge is 0.270 e. The van der Waals surface area contributed by atoms with Gasteiger partial charge >= 0.3 is 0 Å². The molecule has 0 spiro atoms. The first kappa shape index (κ1) is 12.6. The van der Waals surface area contributed by atoms with Gasteiger partial charge < -0.3 is 19.4 Å². The van der Waals surface area contributed by atoms with E-state index >= 15 is 0 Å². The fourth-order valence-corrected chi connectivity index (χ4v) is 1.82. The number of rotatable bonds is 3. The summed E-state index contributed by atoms with van der Waals surface area (Å²) in [4.78, 5) is 16.4. The molecule has 1 aromatic heterocycles. The van der Waals surface area contributed by atoms with Crippen molar-refractivity contribution in [1.82, 2.24) is 9.88 Å². The lowest BCUT2D eigenvalue weighted by molar-refractivity contribution is -0.0933. The summed E-state index contributed by atoms with van der Waals surface area (Å²) < 4.78 is 10.8. The number of nitrogens with zero attached hydrogens (tertiary/aromatic N) is 2. The second kappa shape index (κ2) is 5.67. The Balaban J connectivity index is 1.93. The lowest BCUT2D eigenvalue weighted by Crippen LogP contribution is -2.40. The van der Waals surface area contributed by atoms with E-state index in [0.29, 0.717) is 37.6 Å². The first-order valence-corrected chi connectivity index (χ1v) is 5.74.